The van der Waals surface area contributed by atoms with E-state index in [0.717, 1.165) is 12.8 Å². The van der Waals surface area contributed by atoms with E-state index >= 15 is 0 Å². The second-order valence-corrected chi connectivity index (χ2v) is 6.78. The van der Waals surface area contributed by atoms with E-state index in [2.05, 4.69) is 10.3 Å². The molecule has 2 N–H and O–H groups in total. The highest BCUT2D eigenvalue weighted by Crippen LogP contribution is 2.31. The molecule has 8 heteroatoms. The van der Waals surface area contributed by atoms with Crippen LogP contribution in [0.1, 0.15) is 46.3 Å². The minimum atomic E-state index is -0.819. The van der Waals surface area contributed by atoms with Crippen LogP contribution in [0.15, 0.2) is 24.3 Å². The Morgan fingerprint density at radius 1 is 1.28 bits per heavy atom. The molecule has 1 aliphatic heterocycles. The summed E-state index contributed by atoms with van der Waals surface area (Å²) >= 11 is 0. The zero-order chi connectivity index (χ0) is 21.0. The zero-order valence-electron chi connectivity index (χ0n) is 16.3. The third-order valence-electron chi connectivity index (χ3n) is 4.75. The summed E-state index contributed by atoms with van der Waals surface area (Å²) in [4.78, 5) is 40.6. The van der Waals surface area contributed by atoms with Gasteiger partial charge in [-0.05, 0) is 44.4 Å². The van der Waals surface area contributed by atoms with Gasteiger partial charge in [-0.25, -0.2) is 9.18 Å². The van der Waals surface area contributed by atoms with E-state index in [0.29, 0.717) is 17.9 Å². The summed E-state index contributed by atoms with van der Waals surface area (Å²) in [5.41, 5.74) is 1.14. The summed E-state index contributed by atoms with van der Waals surface area (Å²) < 4.78 is 23.9. The van der Waals surface area contributed by atoms with E-state index in [9.17, 15) is 18.8 Å². The van der Waals surface area contributed by atoms with E-state index in [-0.39, 0.29) is 36.1 Å². The molecule has 1 aliphatic rings. The molecule has 0 unspecified atom stereocenters. The van der Waals surface area contributed by atoms with Crippen molar-refractivity contribution in [1.29, 1.82) is 0 Å². The van der Waals surface area contributed by atoms with E-state index in [1.807, 2.05) is 0 Å². The minimum Gasteiger partial charge on any atom is -0.462 e. The highest BCUT2D eigenvalue weighted by Gasteiger charge is 2.30. The van der Waals surface area contributed by atoms with Crippen LogP contribution in [0.25, 0.3) is 11.1 Å². The number of nitrogens with one attached hydrogen (secondary N) is 2. The predicted octanol–water partition coefficient (Wildman–Crippen LogP) is 2.78. The number of hydrogen-bond donors (Lipinski definition) is 2. The van der Waals surface area contributed by atoms with Crippen molar-refractivity contribution in [3.05, 3.63) is 47.0 Å². The van der Waals surface area contributed by atoms with Crippen molar-refractivity contribution in [1.82, 2.24) is 10.3 Å². The topological polar surface area (TPSA) is 97.5 Å². The van der Waals surface area contributed by atoms with Gasteiger partial charge < -0.3 is 19.8 Å². The van der Waals surface area contributed by atoms with Crippen LogP contribution in [-0.4, -0.2) is 48.5 Å². The first-order chi connectivity index (χ1) is 13.9. The molecular formula is C21H23FN2O5. The summed E-state index contributed by atoms with van der Waals surface area (Å²) in [7, 11) is 0. The number of benzene rings is 1. The Labute approximate surface area is 167 Å². The van der Waals surface area contributed by atoms with Crippen molar-refractivity contribution >= 4 is 17.7 Å². The Morgan fingerprint density at radius 3 is 2.62 bits per heavy atom. The fourth-order valence-electron chi connectivity index (χ4n) is 3.36. The van der Waals surface area contributed by atoms with Gasteiger partial charge in [0.1, 0.15) is 11.5 Å². The van der Waals surface area contributed by atoms with Gasteiger partial charge in [0.05, 0.1) is 18.3 Å². The Hall–Kier alpha value is -3.00. The number of ether oxygens (including phenoxy) is 2. The third kappa shape index (κ3) is 4.54. The standard InChI is InChI=1S/C21H23FN2O5/c1-3-28-21(27)16-12(2)24-18(17(16)13-6-8-14(22)9-7-13)19(25)20(26)23-11-15-5-4-10-29-15/h6-9,15,24H,3-5,10-11H2,1-2H3,(H,23,26)/t15-/m0/s1. The molecule has 154 valence electrons. The molecule has 2 aromatic rings. The van der Waals surface area contributed by atoms with Gasteiger partial charge in [0, 0.05) is 24.4 Å². The maximum absolute atomic E-state index is 13.4. The van der Waals surface area contributed by atoms with Crippen molar-refractivity contribution < 1.29 is 28.2 Å². The molecule has 0 aliphatic carbocycles. The van der Waals surface area contributed by atoms with Crippen LogP contribution in [0.5, 0.6) is 0 Å². The summed E-state index contributed by atoms with van der Waals surface area (Å²) in [6.07, 6.45) is 1.63. The van der Waals surface area contributed by atoms with Crippen molar-refractivity contribution in [3.63, 3.8) is 0 Å². The monoisotopic (exact) mass is 402 g/mol. The van der Waals surface area contributed by atoms with E-state index < -0.39 is 23.5 Å². The molecule has 7 nitrogen and oxygen atoms in total. The number of amides is 1. The first-order valence-corrected chi connectivity index (χ1v) is 9.52. The van der Waals surface area contributed by atoms with Gasteiger partial charge in [-0.2, -0.15) is 0 Å². The Balaban J connectivity index is 1.95. The number of hydrogen-bond acceptors (Lipinski definition) is 5. The summed E-state index contributed by atoms with van der Waals surface area (Å²) in [6.45, 7) is 4.31. The number of H-pyrrole nitrogens is 1. The van der Waals surface area contributed by atoms with E-state index in [4.69, 9.17) is 9.47 Å². The average molecular weight is 402 g/mol. The number of Topliss-reactive ketones (excluding diaryl/α,β-unsaturated/α-hetero) is 1. The second kappa shape index (κ2) is 9.00. The van der Waals surface area contributed by atoms with Gasteiger partial charge in [-0.1, -0.05) is 12.1 Å². The number of aryl methyl sites for hydroxylation is 1. The number of carbonyl (C=O) groups excluding carboxylic acids is 3. The molecule has 1 atom stereocenters. The lowest BCUT2D eigenvalue weighted by atomic mass is 9.98. The predicted molar refractivity (Wildman–Crippen MR) is 103 cm³/mol. The molecule has 1 aromatic heterocycles. The Kier molecular flexibility index (Phi) is 6.43. The van der Waals surface area contributed by atoms with Crippen molar-refractivity contribution in [2.75, 3.05) is 19.8 Å². The van der Waals surface area contributed by atoms with Crippen LogP contribution in [0, 0.1) is 12.7 Å². The largest absolute Gasteiger partial charge is 0.462 e. The van der Waals surface area contributed by atoms with Gasteiger partial charge in [0.2, 0.25) is 0 Å². The highest BCUT2D eigenvalue weighted by atomic mass is 19.1. The lowest BCUT2D eigenvalue weighted by Gasteiger charge is -2.11. The summed E-state index contributed by atoms with van der Waals surface area (Å²) in [5.74, 6) is -2.71. The molecule has 0 bridgehead atoms. The molecule has 29 heavy (non-hydrogen) atoms. The van der Waals surface area contributed by atoms with Gasteiger partial charge >= 0.3 is 5.97 Å². The number of aromatic amines is 1. The zero-order valence-corrected chi connectivity index (χ0v) is 16.3. The van der Waals surface area contributed by atoms with Gasteiger partial charge in [-0.15, -0.1) is 0 Å². The smallest absolute Gasteiger partial charge is 0.340 e. The SMILES string of the molecule is CCOC(=O)c1c(C)[nH]c(C(=O)C(=O)NC[C@@H]2CCCO2)c1-c1ccc(F)cc1. The molecule has 0 radical (unpaired) electrons. The molecule has 1 aromatic carbocycles. The molecule has 1 saturated heterocycles. The third-order valence-corrected chi connectivity index (χ3v) is 4.75. The van der Waals surface area contributed by atoms with Crippen molar-refractivity contribution in [3.8, 4) is 11.1 Å². The van der Waals surface area contributed by atoms with Crippen LogP contribution in [0.3, 0.4) is 0 Å². The molecule has 1 fully saturated rings. The molecule has 3 rings (SSSR count). The first-order valence-electron chi connectivity index (χ1n) is 9.52. The summed E-state index contributed by atoms with van der Waals surface area (Å²) in [6, 6.07) is 5.33. The normalized spacial score (nSPS) is 15.9. The van der Waals surface area contributed by atoms with Crippen LogP contribution < -0.4 is 5.32 Å². The highest BCUT2D eigenvalue weighted by molar-refractivity contribution is 6.43. The van der Waals surface area contributed by atoms with Gasteiger partial charge in [0.15, 0.2) is 0 Å². The average Bonchev–Trinajstić information content (AvgIpc) is 3.34. The maximum Gasteiger partial charge on any atom is 0.340 e. The number of aromatic nitrogens is 1. The first kappa shape index (κ1) is 20.7. The molecule has 0 spiro atoms. The maximum atomic E-state index is 13.4. The van der Waals surface area contributed by atoms with Crippen LogP contribution in [0.2, 0.25) is 0 Å². The molecule has 0 saturated carbocycles. The van der Waals surface area contributed by atoms with E-state index in [1.54, 1.807) is 13.8 Å². The van der Waals surface area contributed by atoms with Gasteiger partial charge in [0.25, 0.3) is 11.7 Å². The number of ketones is 1. The molecule has 1 amide bonds. The van der Waals surface area contributed by atoms with Crippen LogP contribution in [0.4, 0.5) is 4.39 Å². The van der Waals surface area contributed by atoms with Gasteiger partial charge in [-0.3, -0.25) is 9.59 Å². The van der Waals surface area contributed by atoms with Crippen molar-refractivity contribution in [2.24, 2.45) is 0 Å². The number of esters is 1. The van der Waals surface area contributed by atoms with Crippen molar-refractivity contribution in [2.45, 2.75) is 32.8 Å². The minimum absolute atomic E-state index is 0.0398. The lowest BCUT2D eigenvalue weighted by molar-refractivity contribution is -0.117. The Bertz CT molecular complexity index is 914. The van der Waals surface area contributed by atoms with E-state index in [1.165, 1.54) is 24.3 Å². The van der Waals surface area contributed by atoms with Crippen LogP contribution >= 0.6 is 0 Å². The molecular weight excluding hydrogens is 379 g/mol. The molecule has 2 heterocycles. The Morgan fingerprint density at radius 2 is 2.00 bits per heavy atom. The summed E-state index contributed by atoms with van der Waals surface area (Å²) in [5, 5.41) is 2.58. The van der Waals surface area contributed by atoms with Crippen LogP contribution in [-0.2, 0) is 14.3 Å². The quantitative estimate of drug-likeness (QED) is 0.422. The lowest BCUT2D eigenvalue weighted by Crippen LogP contribution is -2.36. The number of rotatable bonds is 7. The fourth-order valence-corrected chi connectivity index (χ4v) is 3.36. The fraction of sp³-hybridized carbons (Fsp3) is 0.381. The second-order valence-electron chi connectivity index (χ2n) is 6.78. The number of carbonyl (C=O) groups is 3. The number of halogens is 1.